The molecule has 1 aliphatic heterocycles. The smallest absolute Gasteiger partial charge is 0.136 e. The number of alkyl halides is 1. The number of hydrogen-bond donors (Lipinski definition) is 0. The first-order chi connectivity index (χ1) is 8.70. The summed E-state index contributed by atoms with van der Waals surface area (Å²) in [6.07, 6.45) is 5.68. The Morgan fingerprint density at radius 2 is 2.33 bits per heavy atom. The number of likely N-dealkylation sites (N-methyl/N-ethyl adjacent to an activating group) is 1. The first kappa shape index (κ1) is 13.6. The van der Waals surface area contributed by atoms with E-state index in [0.29, 0.717) is 12.0 Å². The quantitative estimate of drug-likeness (QED) is 0.788. The fraction of sp³-hybridized carbons (Fsp3) is 0.692. The van der Waals surface area contributed by atoms with Crippen LogP contribution in [-0.2, 0) is 10.6 Å². The molecule has 2 heterocycles. The van der Waals surface area contributed by atoms with Crippen LogP contribution < -0.4 is 4.90 Å². The maximum atomic E-state index is 5.93. The second kappa shape index (κ2) is 6.34. The molecule has 0 aliphatic carbocycles. The van der Waals surface area contributed by atoms with Crippen molar-refractivity contribution in [3.8, 4) is 0 Å². The molecule has 0 radical (unpaired) electrons. The highest BCUT2D eigenvalue weighted by atomic mass is 35.5. The molecule has 18 heavy (non-hydrogen) atoms. The zero-order valence-electron chi connectivity index (χ0n) is 11.0. The van der Waals surface area contributed by atoms with Crippen molar-refractivity contribution in [3.05, 3.63) is 17.6 Å². The van der Waals surface area contributed by atoms with Crippen LogP contribution >= 0.6 is 11.6 Å². The SMILES string of the molecule is Cc1ncc(CCl)c(N(C)CC2CCCCO2)n1. The van der Waals surface area contributed by atoms with E-state index in [1.165, 1.54) is 12.8 Å². The number of nitrogens with zero attached hydrogens (tertiary/aromatic N) is 3. The van der Waals surface area contributed by atoms with Crippen LogP contribution in [0.4, 0.5) is 5.82 Å². The lowest BCUT2D eigenvalue weighted by Crippen LogP contribution is -2.34. The molecule has 0 N–H and O–H groups in total. The topological polar surface area (TPSA) is 38.2 Å². The average Bonchev–Trinajstić information content (AvgIpc) is 2.40. The lowest BCUT2D eigenvalue weighted by atomic mass is 10.1. The Morgan fingerprint density at radius 1 is 1.50 bits per heavy atom. The molecule has 0 amide bonds. The number of halogens is 1. The van der Waals surface area contributed by atoms with Crippen LogP contribution in [0.25, 0.3) is 0 Å². The largest absolute Gasteiger partial charge is 0.376 e. The predicted molar refractivity (Wildman–Crippen MR) is 73.2 cm³/mol. The number of aromatic nitrogens is 2. The predicted octanol–water partition coefficient (Wildman–Crippen LogP) is 2.53. The van der Waals surface area contributed by atoms with E-state index in [1.54, 1.807) is 0 Å². The maximum absolute atomic E-state index is 5.93. The minimum absolute atomic E-state index is 0.308. The molecule has 0 spiro atoms. The van der Waals surface area contributed by atoms with Crippen LogP contribution in [-0.4, -0.2) is 36.3 Å². The Bertz CT molecular complexity index is 394. The number of anilines is 1. The second-order valence-corrected chi connectivity index (χ2v) is 5.04. The van der Waals surface area contributed by atoms with Crippen LogP contribution in [0.2, 0.25) is 0 Å². The van der Waals surface area contributed by atoms with Gasteiger partial charge in [0.15, 0.2) is 0 Å². The summed E-state index contributed by atoms with van der Waals surface area (Å²) in [4.78, 5) is 10.8. The van der Waals surface area contributed by atoms with Gasteiger partial charge in [0.05, 0.1) is 12.0 Å². The molecular formula is C13H20ClN3O. The van der Waals surface area contributed by atoms with Gasteiger partial charge in [-0.05, 0) is 26.2 Å². The minimum atomic E-state index is 0.308. The average molecular weight is 270 g/mol. The molecule has 100 valence electrons. The van der Waals surface area contributed by atoms with Gasteiger partial charge >= 0.3 is 0 Å². The van der Waals surface area contributed by atoms with Crippen LogP contribution in [0, 0.1) is 6.92 Å². The van der Waals surface area contributed by atoms with Gasteiger partial charge in [0.25, 0.3) is 0 Å². The highest BCUT2D eigenvalue weighted by molar-refractivity contribution is 6.17. The molecular weight excluding hydrogens is 250 g/mol. The van der Waals surface area contributed by atoms with Crippen molar-refractivity contribution < 1.29 is 4.74 Å². The van der Waals surface area contributed by atoms with Gasteiger partial charge < -0.3 is 9.64 Å². The molecule has 1 aromatic rings. The van der Waals surface area contributed by atoms with E-state index in [9.17, 15) is 0 Å². The summed E-state index contributed by atoms with van der Waals surface area (Å²) < 4.78 is 5.76. The number of rotatable bonds is 4. The number of ether oxygens (including phenoxy) is 1. The van der Waals surface area contributed by atoms with Crippen molar-refractivity contribution in [3.63, 3.8) is 0 Å². The molecule has 4 nitrogen and oxygen atoms in total. The van der Waals surface area contributed by atoms with E-state index in [4.69, 9.17) is 16.3 Å². The summed E-state index contributed by atoms with van der Waals surface area (Å²) in [6, 6.07) is 0. The standard InChI is InChI=1S/C13H20ClN3O/c1-10-15-8-11(7-14)13(16-10)17(2)9-12-5-3-4-6-18-12/h8,12H,3-7,9H2,1-2H3. The number of hydrogen-bond acceptors (Lipinski definition) is 4. The third kappa shape index (κ3) is 3.33. The normalized spacial score (nSPS) is 19.8. The Labute approximate surface area is 113 Å². The summed E-state index contributed by atoms with van der Waals surface area (Å²) in [5, 5.41) is 0. The Kier molecular flexibility index (Phi) is 4.78. The Balaban J connectivity index is 2.07. The Hall–Kier alpha value is -0.870. The van der Waals surface area contributed by atoms with Gasteiger partial charge in [0.2, 0.25) is 0 Å². The van der Waals surface area contributed by atoms with Gasteiger partial charge in [-0.2, -0.15) is 0 Å². The molecule has 2 rings (SSSR count). The highest BCUT2D eigenvalue weighted by Crippen LogP contribution is 2.20. The van der Waals surface area contributed by atoms with Gasteiger partial charge in [-0.1, -0.05) is 0 Å². The van der Waals surface area contributed by atoms with Crippen LogP contribution in [0.1, 0.15) is 30.7 Å². The summed E-state index contributed by atoms with van der Waals surface area (Å²) in [6.45, 7) is 3.64. The van der Waals surface area contributed by atoms with Gasteiger partial charge in [-0.3, -0.25) is 0 Å². The lowest BCUT2D eigenvalue weighted by Gasteiger charge is -2.28. The van der Waals surface area contributed by atoms with Crippen LogP contribution in [0.5, 0.6) is 0 Å². The van der Waals surface area contributed by atoms with E-state index in [0.717, 1.165) is 36.8 Å². The molecule has 1 fully saturated rings. The van der Waals surface area contributed by atoms with Gasteiger partial charge in [-0.15, -0.1) is 11.6 Å². The van der Waals surface area contributed by atoms with E-state index in [-0.39, 0.29) is 0 Å². The highest BCUT2D eigenvalue weighted by Gasteiger charge is 2.18. The third-order valence-corrected chi connectivity index (χ3v) is 3.51. The van der Waals surface area contributed by atoms with Crippen molar-refractivity contribution >= 4 is 17.4 Å². The summed E-state index contributed by atoms with van der Waals surface area (Å²) in [5.74, 6) is 2.13. The van der Waals surface area contributed by atoms with Crippen LogP contribution in [0.3, 0.4) is 0 Å². The molecule has 1 saturated heterocycles. The van der Waals surface area contributed by atoms with E-state index >= 15 is 0 Å². The van der Waals surface area contributed by atoms with Gasteiger partial charge in [-0.25, -0.2) is 9.97 Å². The molecule has 5 heteroatoms. The Morgan fingerprint density at radius 3 is 3.00 bits per heavy atom. The fourth-order valence-electron chi connectivity index (χ4n) is 2.25. The molecule has 1 unspecified atom stereocenters. The summed E-state index contributed by atoms with van der Waals surface area (Å²) in [7, 11) is 2.04. The molecule has 0 aromatic carbocycles. The molecule has 1 aliphatic rings. The maximum Gasteiger partial charge on any atom is 0.136 e. The van der Waals surface area contributed by atoms with Gasteiger partial charge in [0.1, 0.15) is 11.6 Å². The zero-order valence-corrected chi connectivity index (χ0v) is 11.8. The first-order valence-corrected chi connectivity index (χ1v) is 6.95. The van der Waals surface area contributed by atoms with Crippen molar-refractivity contribution in [2.75, 3.05) is 25.1 Å². The summed E-state index contributed by atoms with van der Waals surface area (Å²) in [5.41, 5.74) is 0.973. The van der Waals surface area contributed by atoms with Crippen molar-refractivity contribution in [1.29, 1.82) is 0 Å². The molecule has 0 saturated carbocycles. The van der Waals surface area contributed by atoms with Crippen molar-refractivity contribution in [1.82, 2.24) is 9.97 Å². The summed E-state index contributed by atoms with van der Waals surface area (Å²) >= 11 is 5.93. The molecule has 1 aromatic heterocycles. The zero-order chi connectivity index (χ0) is 13.0. The fourth-order valence-corrected chi connectivity index (χ4v) is 2.44. The molecule has 1 atom stereocenters. The lowest BCUT2D eigenvalue weighted by molar-refractivity contribution is 0.0215. The van der Waals surface area contributed by atoms with Crippen molar-refractivity contribution in [2.24, 2.45) is 0 Å². The minimum Gasteiger partial charge on any atom is -0.376 e. The first-order valence-electron chi connectivity index (χ1n) is 6.42. The second-order valence-electron chi connectivity index (χ2n) is 4.77. The van der Waals surface area contributed by atoms with E-state index in [2.05, 4.69) is 14.9 Å². The monoisotopic (exact) mass is 269 g/mol. The number of aryl methyl sites for hydroxylation is 1. The van der Waals surface area contributed by atoms with Crippen LogP contribution in [0.15, 0.2) is 6.20 Å². The van der Waals surface area contributed by atoms with E-state index < -0.39 is 0 Å². The molecule has 0 bridgehead atoms. The van der Waals surface area contributed by atoms with Crippen molar-refractivity contribution in [2.45, 2.75) is 38.2 Å². The third-order valence-electron chi connectivity index (χ3n) is 3.22. The van der Waals surface area contributed by atoms with E-state index in [1.807, 2.05) is 20.2 Å². The van der Waals surface area contributed by atoms with Gasteiger partial charge in [0, 0.05) is 32.0 Å².